The van der Waals surface area contributed by atoms with Gasteiger partial charge in [0.2, 0.25) is 11.9 Å². The molecular formula is C23H27ClN6O2. The standard InChI is InChI=1S/C23H27ClN6O2/c1-4-17-13-21(28-23(27-17)29-11-9-25-14-29)30-10-5-6-19(30)22(31)26-15(2)16-7-8-20(32-3)18(24)12-16/h7-9,11-15,19H,4-6,10H2,1-3H3,(H,26,31). The van der Waals surface area contributed by atoms with Crippen LogP contribution in [-0.4, -0.2) is 45.1 Å². The highest BCUT2D eigenvalue weighted by Gasteiger charge is 2.33. The van der Waals surface area contributed by atoms with Gasteiger partial charge in [-0.25, -0.2) is 9.97 Å². The number of nitrogens with one attached hydrogen (secondary N) is 1. The Bertz CT molecular complexity index is 1090. The number of methoxy groups -OCH3 is 1. The summed E-state index contributed by atoms with van der Waals surface area (Å²) in [7, 11) is 1.58. The molecule has 1 N–H and O–H groups in total. The van der Waals surface area contributed by atoms with Crippen molar-refractivity contribution in [1.82, 2.24) is 24.8 Å². The van der Waals surface area contributed by atoms with Crippen molar-refractivity contribution in [2.45, 2.75) is 45.2 Å². The number of ether oxygens (including phenoxy) is 1. The summed E-state index contributed by atoms with van der Waals surface area (Å²) >= 11 is 6.26. The highest BCUT2D eigenvalue weighted by atomic mass is 35.5. The van der Waals surface area contributed by atoms with Gasteiger partial charge in [-0.3, -0.25) is 9.36 Å². The number of aromatic nitrogens is 4. The zero-order chi connectivity index (χ0) is 22.7. The first-order valence-corrected chi connectivity index (χ1v) is 11.1. The fourth-order valence-corrected chi connectivity index (χ4v) is 4.22. The van der Waals surface area contributed by atoms with Gasteiger partial charge < -0.3 is 15.0 Å². The van der Waals surface area contributed by atoms with Crippen molar-refractivity contribution in [3.8, 4) is 11.7 Å². The quantitative estimate of drug-likeness (QED) is 0.585. The van der Waals surface area contributed by atoms with E-state index < -0.39 is 0 Å². The van der Waals surface area contributed by atoms with Crippen molar-refractivity contribution in [1.29, 1.82) is 0 Å². The van der Waals surface area contributed by atoms with Crippen LogP contribution < -0.4 is 15.0 Å². The zero-order valence-corrected chi connectivity index (χ0v) is 19.2. The Labute approximate surface area is 192 Å². The molecule has 1 saturated heterocycles. The van der Waals surface area contributed by atoms with Crippen LogP contribution in [0.3, 0.4) is 0 Å². The van der Waals surface area contributed by atoms with E-state index in [1.54, 1.807) is 24.2 Å². The Kier molecular flexibility index (Phi) is 6.60. The Balaban J connectivity index is 1.54. The van der Waals surface area contributed by atoms with Gasteiger partial charge in [-0.15, -0.1) is 0 Å². The number of carbonyl (C=O) groups excluding carboxylic acids is 1. The third-order valence-corrected chi connectivity index (χ3v) is 6.03. The molecule has 0 spiro atoms. The van der Waals surface area contributed by atoms with Gasteiger partial charge in [0.05, 0.1) is 18.2 Å². The number of aryl methyl sites for hydroxylation is 1. The van der Waals surface area contributed by atoms with Gasteiger partial charge in [0.1, 0.15) is 23.9 Å². The molecule has 1 aromatic carbocycles. The molecule has 1 fully saturated rings. The van der Waals surface area contributed by atoms with Gasteiger partial charge in [0.15, 0.2) is 0 Å². The molecule has 4 rings (SSSR count). The van der Waals surface area contributed by atoms with Crippen molar-refractivity contribution in [3.63, 3.8) is 0 Å². The highest BCUT2D eigenvalue weighted by molar-refractivity contribution is 6.32. The van der Waals surface area contributed by atoms with E-state index in [0.717, 1.165) is 42.9 Å². The Morgan fingerprint density at radius 1 is 1.34 bits per heavy atom. The van der Waals surface area contributed by atoms with Gasteiger partial charge in [0, 0.05) is 30.7 Å². The van der Waals surface area contributed by atoms with Gasteiger partial charge >= 0.3 is 0 Å². The van der Waals surface area contributed by atoms with E-state index in [1.807, 2.05) is 37.4 Å². The number of carbonyl (C=O) groups is 1. The van der Waals surface area contributed by atoms with Crippen LogP contribution in [0.25, 0.3) is 5.95 Å². The first kappa shape index (κ1) is 22.1. The van der Waals surface area contributed by atoms with Gasteiger partial charge in [-0.1, -0.05) is 24.6 Å². The maximum atomic E-state index is 13.2. The van der Waals surface area contributed by atoms with Crippen LogP contribution in [0.2, 0.25) is 5.02 Å². The molecule has 1 aliphatic rings. The number of anilines is 1. The summed E-state index contributed by atoms with van der Waals surface area (Å²) in [4.78, 5) is 28.7. The molecule has 2 aromatic heterocycles. The number of rotatable bonds is 7. The fraction of sp³-hybridized carbons (Fsp3) is 0.391. The minimum absolute atomic E-state index is 0.0252. The molecule has 32 heavy (non-hydrogen) atoms. The molecule has 3 heterocycles. The summed E-state index contributed by atoms with van der Waals surface area (Å²) in [5.74, 6) is 1.91. The third kappa shape index (κ3) is 4.55. The van der Waals surface area contributed by atoms with Crippen LogP contribution in [0.15, 0.2) is 43.0 Å². The Morgan fingerprint density at radius 2 is 2.19 bits per heavy atom. The predicted molar refractivity (Wildman–Crippen MR) is 123 cm³/mol. The Morgan fingerprint density at radius 3 is 2.88 bits per heavy atom. The van der Waals surface area contributed by atoms with Crippen LogP contribution in [-0.2, 0) is 11.2 Å². The number of hydrogen-bond acceptors (Lipinski definition) is 6. The molecule has 8 nitrogen and oxygen atoms in total. The lowest BCUT2D eigenvalue weighted by Gasteiger charge is -2.27. The second-order valence-electron chi connectivity index (χ2n) is 7.82. The monoisotopic (exact) mass is 454 g/mol. The van der Waals surface area contributed by atoms with Crippen LogP contribution in [0.1, 0.15) is 44.0 Å². The second-order valence-corrected chi connectivity index (χ2v) is 8.22. The van der Waals surface area contributed by atoms with E-state index in [2.05, 4.69) is 27.1 Å². The van der Waals surface area contributed by atoms with Crippen LogP contribution in [0.4, 0.5) is 5.82 Å². The van der Waals surface area contributed by atoms with Crippen molar-refractivity contribution in [2.75, 3.05) is 18.6 Å². The lowest BCUT2D eigenvalue weighted by molar-refractivity contribution is -0.122. The zero-order valence-electron chi connectivity index (χ0n) is 18.5. The minimum atomic E-state index is -0.290. The molecule has 0 aliphatic carbocycles. The number of imidazole rings is 1. The summed E-state index contributed by atoms with van der Waals surface area (Å²) in [6, 6.07) is 7.05. The average Bonchev–Trinajstić information content (AvgIpc) is 3.51. The molecule has 3 aromatic rings. The van der Waals surface area contributed by atoms with Gasteiger partial charge in [0.25, 0.3) is 0 Å². The number of benzene rings is 1. The van der Waals surface area contributed by atoms with Crippen molar-refractivity contribution >= 4 is 23.3 Å². The third-order valence-electron chi connectivity index (χ3n) is 5.74. The van der Waals surface area contributed by atoms with E-state index in [9.17, 15) is 4.79 Å². The van der Waals surface area contributed by atoms with E-state index in [-0.39, 0.29) is 18.0 Å². The summed E-state index contributed by atoms with van der Waals surface area (Å²) < 4.78 is 7.00. The molecule has 2 unspecified atom stereocenters. The SMILES string of the molecule is CCc1cc(N2CCCC2C(=O)NC(C)c2ccc(OC)c(Cl)c2)nc(-n2ccnc2)n1. The number of halogens is 1. The first-order valence-electron chi connectivity index (χ1n) is 10.8. The molecule has 0 radical (unpaired) electrons. The Hall–Kier alpha value is -3.13. The lowest BCUT2D eigenvalue weighted by Crippen LogP contribution is -2.44. The van der Waals surface area contributed by atoms with Gasteiger partial charge in [-0.05, 0) is 43.9 Å². The maximum Gasteiger partial charge on any atom is 0.243 e. The topological polar surface area (TPSA) is 85.2 Å². The summed E-state index contributed by atoms with van der Waals surface area (Å²) in [6.07, 6.45) is 7.65. The summed E-state index contributed by atoms with van der Waals surface area (Å²) in [5, 5.41) is 3.66. The van der Waals surface area contributed by atoms with E-state index in [1.165, 1.54) is 0 Å². The molecule has 0 bridgehead atoms. The largest absolute Gasteiger partial charge is 0.495 e. The van der Waals surface area contributed by atoms with Crippen LogP contribution in [0, 0.1) is 0 Å². The molecular weight excluding hydrogens is 428 g/mol. The first-order chi connectivity index (χ1) is 15.5. The number of amides is 1. The molecule has 1 aliphatic heterocycles. The minimum Gasteiger partial charge on any atom is -0.495 e. The summed E-state index contributed by atoms with van der Waals surface area (Å²) in [5.41, 5.74) is 1.84. The van der Waals surface area contributed by atoms with E-state index >= 15 is 0 Å². The predicted octanol–water partition coefficient (Wildman–Crippen LogP) is 3.73. The van der Waals surface area contributed by atoms with Crippen molar-refractivity contribution in [3.05, 3.63) is 59.3 Å². The fourth-order valence-electron chi connectivity index (χ4n) is 3.95. The molecule has 0 saturated carbocycles. The highest BCUT2D eigenvalue weighted by Crippen LogP contribution is 2.29. The normalized spacial score (nSPS) is 16.8. The van der Waals surface area contributed by atoms with Crippen molar-refractivity contribution in [2.24, 2.45) is 0 Å². The molecule has 1 amide bonds. The molecule has 168 valence electrons. The molecule has 9 heteroatoms. The smallest absolute Gasteiger partial charge is 0.243 e. The van der Waals surface area contributed by atoms with Gasteiger partial charge in [-0.2, -0.15) is 4.98 Å². The lowest BCUT2D eigenvalue weighted by atomic mass is 10.1. The van der Waals surface area contributed by atoms with E-state index in [4.69, 9.17) is 21.3 Å². The second kappa shape index (κ2) is 9.56. The van der Waals surface area contributed by atoms with Crippen LogP contribution >= 0.6 is 11.6 Å². The number of hydrogen-bond donors (Lipinski definition) is 1. The van der Waals surface area contributed by atoms with Crippen molar-refractivity contribution < 1.29 is 9.53 Å². The average molecular weight is 455 g/mol. The van der Waals surface area contributed by atoms with Crippen LogP contribution in [0.5, 0.6) is 5.75 Å². The van der Waals surface area contributed by atoms with E-state index in [0.29, 0.717) is 16.7 Å². The molecule has 2 atom stereocenters. The number of nitrogens with zero attached hydrogens (tertiary/aromatic N) is 5. The summed E-state index contributed by atoms with van der Waals surface area (Å²) in [6.45, 7) is 4.77. The maximum absolute atomic E-state index is 13.2.